The van der Waals surface area contributed by atoms with E-state index in [0.717, 1.165) is 24.2 Å². The summed E-state index contributed by atoms with van der Waals surface area (Å²) in [6, 6.07) is 7.67. The average molecular weight is 349 g/mol. The van der Waals surface area contributed by atoms with Crippen LogP contribution < -0.4 is 10.1 Å². The maximum atomic E-state index is 12.0. The quantitative estimate of drug-likeness (QED) is 0.714. The summed E-state index contributed by atoms with van der Waals surface area (Å²) in [6.07, 6.45) is 2.43. The maximum Gasteiger partial charge on any atom is 0.308 e. The van der Waals surface area contributed by atoms with Gasteiger partial charge >= 0.3 is 5.97 Å². The van der Waals surface area contributed by atoms with Gasteiger partial charge in [-0.05, 0) is 49.8 Å². The van der Waals surface area contributed by atoms with Gasteiger partial charge in [-0.2, -0.15) is 0 Å². The number of nitrogens with one attached hydrogen (secondary N) is 1. The number of carbonyl (C=O) groups is 2. The molecule has 6 heteroatoms. The highest BCUT2D eigenvalue weighted by molar-refractivity contribution is 5.77. The molecule has 1 atom stereocenters. The Morgan fingerprint density at radius 1 is 1.28 bits per heavy atom. The van der Waals surface area contributed by atoms with Crippen LogP contribution in [0, 0.1) is 11.8 Å². The molecule has 1 unspecified atom stereocenters. The fourth-order valence-electron chi connectivity index (χ4n) is 3.06. The molecule has 0 aromatic heterocycles. The van der Waals surface area contributed by atoms with Crippen LogP contribution in [0.25, 0.3) is 0 Å². The molecule has 6 nitrogen and oxygen atoms in total. The van der Waals surface area contributed by atoms with Crippen molar-refractivity contribution in [2.75, 3.05) is 26.4 Å². The maximum absolute atomic E-state index is 12.0. The molecule has 1 heterocycles. The Morgan fingerprint density at radius 2 is 1.96 bits per heavy atom. The number of hydrogen-bond donors (Lipinski definition) is 2. The fraction of sp³-hybridized carbons (Fsp3) is 0.579. The number of hydrogen-bond acceptors (Lipinski definition) is 4. The molecule has 1 aromatic carbocycles. The zero-order valence-electron chi connectivity index (χ0n) is 14.7. The van der Waals surface area contributed by atoms with Crippen molar-refractivity contribution in [2.45, 2.75) is 32.6 Å². The molecule has 0 saturated carbocycles. The minimum Gasteiger partial charge on any atom is -0.494 e. The third-order valence-corrected chi connectivity index (χ3v) is 4.55. The largest absolute Gasteiger partial charge is 0.494 e. The molecule has 2 rings (SSSR count). The smallest absolute Gasteiger partial charge is 0.308 e. The van der Waals surface area contributed by atoms with Gasteiger partial charge in [0.25, 0.3) is 0 Å². The van der Waals surface area contributed by atoms with Crippen LogP contribution in [0.3, 0.4) is 0 Å². The number of benzene rings is 1. The summed E-state index contributed by atoms with van der Waals surface area (Å²) < 4.78 is 10.7. The lowest BCUT2D eigenvalue weighted by molar-refractivity contribution is -0.144. The van der Waals surface area contributed by atoms with Gasteiger partial charge in [-0.3, -0.25) is 9.59 Å². The second-order valence-electron chi connectivity index (χ2n) is 6.28. The summed E-state index contributed by atoms with van der Waals surface area (Å²) in [7, 11) is 0. The van der Waals surface area contributed by atoms with Crippen molar-refractivity contribution in [1.29, 1.82) is 0 Å². The number of carbonyl (C=O) groups excluding carboxylic acids is 1. The number of aryl methyl sites for hydroxylation is 1. The monoisotopic (exact) mass is 349 g/mol. The molecule has 1 aliphatic heterocycles. The van der Waals surface area contributed by atoms with Gasteiger partial charge in [-0.1, -0.05) is 12.1 Å². The van der Waals surface area contributed by atoms with Gasteiger partial charge in [-0.25, -0.2) is 0 Å². The van der Waals surface area contributed by atoms with Crippen LogP contribution in [-0.2, 0) is 20.7 Å². The lowest BCUT2D eigenvalue weighted by Gasteiger charge is -2.27. The molecule has 1 fully saturated rings. The molecule has 0 radical (unpaired) electrons. The molecule has 1 aliphatic rings. The van der Waals surface area contributed by atoms with E-state index in [1.165, 1.54) is 0 Å². The average Bonchev–Trinajstić information content (AvgIpc) is 2.62. The van der Waals surface area contributed by atoms with Crippen molar-refractivity contribution in [1.82, 2.24) is 5.32 Å². The predicted molar refractivity (Wildman–Crippen MR) is 93.6 cm³/mol. The zero-order chi connectivity index (χ0) is 18.1. The predicted octanol–water partition coefficient (Wildman–Crippen LogP) is 2.26. The third kappa shape index (κ3) is 6.38. The Bertz CT molecular complexity index is 551. The van der Waals surface area contributed by atoms with E-state index in [-0.39, 0.29) is 18.4 Å². The molecule has 1 saturated heterocycles. The first-order valence-corrected chi connectivity index (χ1v) is 8.89. The number of carboxylic acid groups (broad SMARTS) is 1. The molecule has 0 spiro atoms. The van der Waals surface area contributed by atoms with Crippen LogP contribution in [0.1, 0.15) is 31.7 Å². The van der Waals surface area contributed by atoms with E-state index in [4.69, 9.17) is 9.47 Å². The van der Waals surface area contributed by atoms with E-state index in [2.05, 4.69) is 5.32 Å². The van der Waals surface area contributed by atoms with Gasteiger partial charge < -0.3 is 19.9 Å². The van der Waals surface area contributed by atoms with E-state index in [9.17, 15) is 14.7 Å². The Morgan fingerprint density at radius 3 is 2.56 bits per heavy atom. The fourth-order valence-corrected chi connectivity index (χ4v) is 3.06. The highest BCUT2D eigenvalue weighted by Crippen LogP contribution is 2.23. The minimum absolute atomic E-state index is 0.0673. The Labute approximate surface area is 148 Å². The van der Waals surface area contributed by atoms with Gasteiger partial charge in [0.05, 0.1) is 12.5 Å². The van der Waals surface area contributed by atoms with Crippen molar-refractivity contribution < 1.29 is 24.2 Å². The van der Waals surface area contributed by atoms with E-state index in [1.54, 1.807) is 0 Å². The summed E-state index contributed by atoms with van der Waals surface area (Å²) in [5.41, 5.74) is 1.05. The number of carboxylic acids is 1. The summed E-state index contributed by atoms with van der Waals surface area (Å²) >= 11 is 0. The van der Waals surface area contributed by atoms with Gasteiger partial charge in [0.2, 0.25) is 5.91 Å². The molecule has 0 aliphatic carbocycles. The molecule has 25 heavy (non-hydrogen) atoms. The highest BCUT2D eigenvalue weighted by atomic mass is 16.5. The van der Waals surface area contributed by atoms with E-state index >= 15 is 0 Å². The van der Waals surface area contributed by atoms with E-state index in [1.807, 2.05) is 31.2 Å². The number of amides is 1. The third-order valence-electron chi connectivity index (χ3n) is 4.55. The molecule has 1 aromatic rings. The van der Waals surface area contributed by atoms with Crippen molar-refractivity contribution in [2.24, 2.45) is 11.8 Å². The van der Waals surface area contributed by atoms with Gasteiger partial charge in [0.15, 0.2) is 0 Å². The molecule has 138 valence electrons. The number of rotatable bonds is 9. The van der Waals surface area contributed by atoms with Gasteiger partial charge in [-0.15, -0.1) is 0 Å². The Kier molecular flexibility index (Phi) is 7.73. The standard InChI is InChI=1S/C19H27NO5/c1-2-25-16-6-3-14(4-7-16)5-8-18(21)20-13-17(19(22)23)15-9-11-24-12-10-15/h3-4,6-7,15,17H,2,5,8-13H2,1H3,(H,20,21)(H,22,23). The van der Waals surface area contributed by atoms with Crippen LogP contribution in [0.2, 0.25) is 0 Å². The van der Waals surface area contributed by atoms with Crippen LogP contribution >= 0.6 is 0 Å². The van der Waals surface area contributed by atoms with Crippen LogP contribution in [0.15, 0.2) is 24.3 Å². The summed E-state index contributed by atoms with van der Waals surface area (Å²) in [5.74, 6) is -0.627. The second kappa shape index (κ2) is 10.0. The molecule has 0 bridgehead atoms. The van der Waals surface area contributed by atoms with Crippen molar-refractivity contribution in [3.05, 3.63) is 29.8 Å². The first-order valence-electron chi connectivity index (χ1n) is 8.89. The lowest BCUT2D eigenvalue weighted by atomic mass is 9.86. The van der Waals surface area contributed by atoms with Crippen molar-refractivity contribution in [3.8, 4) is 5.75 Å². The van der Waals surface area contributed by atoms with Crippen LogP contribution in [0.4, 0.5) is 0 Å². The van der Waals surface area contributed by atoms with Gasteiger partial charge in [0.1, 0.15) is 5.75 Å². The summed E-state index contributed by atoms with van der Waals surface area (Å²) in [4.78, 5) is 23.5. The molecular formula is C19H27NO5. The normalized spacial score (nSPS) is 16.2. The highest BCUT2D eigenvalue weighted by Gasteiger charge is 2.29. The van der Waals surface area contributed by atoms with E-state index < -0.39 is 11.9 Å². The topological polar surface area (TPSA) is 84.9 Å². The first kappa shape index (κ1) is 19.2. The molecule has 2 N–H and O–H groups in total. The molecular weight excluding hydrogens is 322 g/mol. The van der Waals surface area contributed by atoms with Gasteiger partial charge in [0, 0.05) is 26.2 Å². The molecule has 1 amide bonds. The van der Waals surface area contributed by atoms with Crippen LogP contribution in [-0.4, -0.2) is 43.3 Å². The second-order valence-corrected chi connectivity index (χ2v) is 6.28. The minimum atomic E-state index is -0.848. The lowest BCUT2D eigenvalue weighted by Crippen LogP contribution is -2.39. The Hall–Kier alpha value is -2.08. The first-order chi connectivity index (χ1) is 12.1. The van der Waals surface area contributed by atoms with Crippen molar-refractivity contribution >= 4 is 11.9 Å². The summed E-state index contributed by atoms with van der Waals surface area (Å²) in [6.45, 7) is 3.94. The SMILES string of the molecule is CCOc1ccc(CCC(=O)NCC(C(=O)O)C2CCOCC2)cc1. The Balaban J connectivity index is 1.75. The van der Waals surface area contributed by atoms with E-state index in [0.29, 0.717) is 32.7 Å². The summed E-state index contributed by atoms with van der Waals surface area (Å²) in [5, 5.41) is 12.2. The zero-order valence-corrected chi connectivity index (χ0v) is 14.7. The van der Waals surface area contributed by atoms with Crippen LogP contribution in [0.5, 0.6) is 5.75 Å². The number of ether oxygens (including phenoxy) is 2. The van der Waals surface area contributed by atoms with Crippen molar-refractivity contribution in [3.63, 3.8) is 0 Å². The number of aliphatic carboxylic acids is 1.